The number of carboxylic acid groups (broad SMARTS) is 1. The first kappa shape index (κ1) is 13.1. The normalized spacial score (nSPS) is 42.2. The number of carbonyl (C=O) groups is 2. The first-order chi connectivity index (χ1) is 9.22. The lowest BCUT2D eigenvalue weighted by atomic mass is 9.69. The zero-order chi connectivity index (χ0) is 13.4. The van der Waals surface area contributed by atoms with Crippen LogP contribution in [0, 0.1) is 17.8 Å². The number of nitrogens with zero attached hydrogens (tertiary/aromatic N) is 1. The van der Waals surface area contributed by atoms with E-state index in [2.05, 4.69) is 0 Å². The molecule has 5 atom stereocenters. The standard InChI is InChI=1S/C13H19BNO4/c16-7-14-15-5-8-6-19-10-4-2-1-3-9(10)11(8)12(15)13(17)18/h7-12H,1-6H2,(H,17,18)/t8-,9?,10?,11-,12+/m1/s1. The van der Waals surface area contributed by atoms with Crippen molar-refractivity contribution < 1.29 is 19.4 Å². The summed E-state index contributed by atoms with van der Waals surface area (Å²) < 4.78 is 5.93. The largest absolute Gasteiger partial charge is 0.480 e. The Morgan fingerprint density at radius 3 is 2.89 bits per heavy atom. The van der Waals surface area contributed by atoms with Crippen LogP contribution >= 0.6 is 0 Å². The van der Waals surface area contributed by atoms with Gasteiger partial charge in [0.1, 0.15) is 6.04 Å². The number of rotatable bonds is 3. The van der Waals surface area contributed by atoms with Crippen molar-refractivity contribution >= 4 is 19.6 Å². The van der Waals surface area contributed by atoms with Gasteiger partial charge in [-0.05, 0) is 37.1 Å². The molecule has 6 heteroatoms. The third-order valence-corrected chi connectivity index (χ3v) is 4.99. The zero-order valence-corrected chi connectivity index (χ0v) is 10.9. The molecule has 3 aliphatic rings. The summed E-state index contributed by atoms with van der Waals surface area (Å²) in [5.74, 6) is -0.0834. The number of ether oxygens (including phenoxy) is 1. The minimum absolute atomic E-state index is 0.132. The van der Waals surface area contributed by atoms with E-state index in [1.54, 1.807) is 4.81 Å². The second-order valence-electron chi connectivity index (χ2n) is 5.92. The summed E-state index contributed by atoms with van der Waals surface area (Å²) in [4.78, 5) is 24.0. The van der Waals surface area contributed by atoms with Crippen molar-refractivity contribution in [1.82, 2.24) is 4.81 Å². The van der Waals surface area contributed by atoms with Crippen LogP contribution in [0.5, 0.6) is 0 Å². The van der Waals surface area contributed by atoms with E-state index >= 15 is 0 Å². The fourth-order valence-electron chi connectivity index (χ4n) is 4.29. The molecule has 19 heavy (non-hydrogen) atoms. The molecule has 2 aliphatic heterocycles. The third kappa shape index (κ3) is 2.21. The van der Waals surface area contributed by atoms with Crippen molar-refractivity contribution in [3.63, 3.8) is 0 Å². The molecule has 1 N–H and O–H groups in total. The fourth-order valence-corrected chi connectivity index (χ4v) is 4.29. The van der Waals surface area contributed by atoms with Crippen LogP contribution in [0.3, 0.4) is 0 Å². The molecule has 103 valence electrons. The van der Waals surface area contributed by atoms with Crippen LogP contribution in [0.25, 0.3) is 0 Å². The molecule has 2 heterocycles. The maximum atomic E-state index is 11.6. The van der Waals surface area contributed by atoms with E-state index < -0.39 is 12.0 Å². The number of fused-ring (bicyclic) bond motifs is 3. The zero-order valence-electron chi connectivity index (χ0n) is 10.9. The minimum Gasteiger partial charge on any atom is -0.480 e. The number of hydrogen-bond donors (Lipinski definition) is 1. The maximum absolute atomic E-state index is 11.6. The van der Waals surface area contributed by atoms with Gasteiger partial charge in [-0.3, -0.25) is 4.79 Å². The first-order valence-corrected chi connectivity index (χ1v) is 7.11. The molecule has 5 nitrogen and oxygen atoms in total. The van der Waals surface area contributed by atoms with Gasteiger partial charge in [0.25, 0.3) is 7.41 Å². The molecule has 1 aliphatic carbocycles. The Bertz CT molecular complexity index is 378. The van der Waals surface area contributed by atoms with Gasteiger partial charge in [0, 0.05) is 0 Å². The van der Waals surface area contributed by atoms with Gasteiger partial charge in [-0.15, -0.1) is 0 Å². The predicted molar refractivity (Wildman–Crippen MR) is 69.3 cm³/mol. The van der Waals surface area contributed by atoms with E-state index in [1.165, 1.54) is 13.8 Å². The van der Waals surface area contributed by atoms with Crippen LogP contribution in [-0.2, 0) is 14.3 Å². The van der Waals surface area contributed by atoms with E-state index in [4.69, 9.17) is 4.74 Å². The monoisotopic (exact) mass is 264 g/mol. The summed E-state index contributed by atoms with van der Waals surface area (Å²) in [6, 6.07) is -0.551. The Morgan fingerprint density at radius 2 is 2.16 bits per heavy atom. The highest BCUT2D eigenvalue weighted by Gasteiger charge is 2.53. The molecule has 2 saturated heterocycles. The summed E-state index contributed by atoms with van der Waals surface area (Å²) >= 11 is 0. The summed E-state index contributed by atoms with van der Waals surface area (Å²) in [6.07, 6.45) is 5.38. The van der Waals surface area contributed by atoms with Gasteiger partial charge < -0.3 is 19.4 Å². The number of hydrogen-bond acceptors (Lipinski definition) is 4. The van der Waals surface area contributed by atoms with Crippen molar-refractivity contribution in [2.24, 2.45) is 17.8 Å². The smallest absolute Gasteiger partial charge is 0.320 e. The number of carbonyl (C=O) groups excluding carboxylic acids is 1. The molecule has 1 saturated carbocycles. The van der Waals surface area contributed by atoms with Crippen molar-refractivity contribution in [2.75, 3.05) is 13.2 Å². The Hall–Kier alpha value is -0.875. The van der Waals surface area contributed by atoms with Crippen LogP contribution in [0.2, 0.25) is 0 Å². The van der Waals surface area contributed by atoms with Crippen LogP contribution in [0.4, 0.5) is 0 Å². The van der Waals surface area contributed by atoms with Gasteiger partial charge in [-0.1, -0.05) is 12.8 Å². The van der Waals surface area contributed by atoms with Gasteiger partial charge in [0.2, 0.25) is 0 Å². The van der Waals surface area contributed by atoms with Crippen LogP contribution in [0.1, 0.15) is 25.7 Å². The first-order valence-electron chi connectivity index (χ1n) is 7.11. The summed E-state index contributed by atoms with van der Waals surface area (Å²) in [5.41, 5.74) is 0. The molecule has 0 spiro atoms. The highest BCUT2D eigenvalue weighted by molar-refractivity contribution is 6.64. The molecule has 0 amide bonds. The van der Waals surface area contributed by atoms with Gasteiger partial charge in [0.05, 0.1) is 18.9 Å². The van der Waals surface area contributed by atoms with Crippen LogP contribution < -0.4 is 0 Å². The number of aliphatic carboxylic acids is 1. The summed E-state index contributed by atoms with van der Waals surface area (Å²) in [6.45, 7) is 1.27. The Morgan fingerprint density at radius 1 is 1.37 bits per heavy atom. The van der Waals surface area contributed by atoms with E-state index in [0.717, 1.165) is 19.3 Å². The number of carboxylic acids is 1. The average Bonchev–Trinajstić information content (AvgIpc) is 2.77. The highest BCUT2D eigenvalue weighted by atomic mass is 16.5. The summed E-state index contributed by atoms with van der Waals surface area (Å²) in [5, 5.41) is 9.52. The van der Waals surface area contributed by atoms with Crippen molar-refractivity contribution in [3.05, 3.63) is 0 Å². The summed E-state index contributed by atoms with van der Waals surface area (Å²) in [7, 11) is 1.38. The van der Waals surface area contributed by atoms with Crippen molar-refractivity contribution in [2.45, 2.75) is 37.8 Å². The van der Waals surface area contributed by atoms with E-state index in [0.29, 0.717) is 25.3 Å². The fraction of sp³-hybridized carbons (Fsp3) is 0.846. The van der Waals surface area contributed by atoms with Gasteiger partial charge in [-0.2, -0.15) is 0 Å². The second kappa shape index (κ2) is 5.25. The second-order valence-corrected chi connectivity index (χ2v) is 5.92. The van der Waals surface area contributed by atoms with E-state index in [9.17, 15) is 14.7 Å². The molecule has 0 aromatic heterocycles. The Kier molecular flexibility index (Phi) is 3.63. The molecule has 0 aromatic rings. The molecule has 0 aromatic carbocycles. The topological polar surface area (TPSA) is 66.8 Å². The molecule has 3 fully saturated rings. The average molecular weight is 264 g/mol. The molecule has 2 unspecified atom stereocenters. The van der Waals surface area contributed by atoms with E-state index in [1.807, 2.05) is 0 Å². The molecule has 3 rings (SSSR count). The maximum Gasteiger partial charge on any atom is 0.320 e. The van der Waals surface area contributed by atoms with Crippen molar-refractivity contribution in [1.29, 1.82) is 0 Å². The van der Waals surface area contributed by atoms with Gasteiger partial charge >= 0.3 is 5.97 Å². The molecule has 0 bridgehead atoms. The lowest BCUT2D eigenvalue weighted by Crippen LogP contribution is -2.49. The third-order valence-electron chi connectivity index (χ3n) is 4.99. The van der Waals surface area contributed by atoms with E-state index in [-0.39, 0.29) is 17.9 Å². The van der Waals surface area contributed by atoms with Gasteiger partial charge in [0.15, 0.2) is 0 Å². The van der Waals surface area contributed by atoms with Crippen LogP contribution in [0.15, 0.2) is 0 Å². The van der Waals surface area contributed by atoms with Crippen molar-refractivity contribution in [3.8, 4) is 0 Å². The molecule has 1 radical (unpaired) electrons. The Labute approximate surface area is 113 Å². The molecular weight excluding hydrogens is 245 g/mol. The van der Waals surface area contributed by atoms with Crippen LogP contribution in [-0.4, -0.2) is 54.8 Å². The quantitative estimate of drug-likeness (QED) is 0.590. The minimum atomic E-state index is -0.808. The lowest BCUT2D eigenvalue weighted by molar-refractivity contribution is -0.147. The highest BCUT2D eigenvalue weighted by Crippen LogP contribution is 2.46. The predicted octanol–water partition coefficient (Wildman–Crippen LogP) is 0.386. The SMILES string of the molecule is O=C[B]N1C[C@@H]2COC3CCCCC3[C@@H]2[C@H]1C(=O)O. The Balaban J connectivity index is 1.85. The lowest BCUT2D eigenvalue weighted by Gasteiger charge is -2.43. The van der Waals surface area contributed by atoms with Gasteiger partial charge in [-0.25, -0.2) is 0 Å². The molecular formula is C13H19BNO4.